The van der Waals surface area contributed by atoms with Gasteiger partial charge in [0.2, 0.25) is 5.91 Å². The monoisotopic (exact) mass is 348 g/mol. The van der Waals surface area contributed by atoms with Crippen LogP contribution in [0.2, 0.25) is 0 Å². The lowest BCUT2D eigenvalue weighted by atomic mass is 10.2. The van der Waals surface area contributed by atoms with Gasteiger partial charge in [-0.05, 0) is 31.5 Å². The Morgan fingerprint density at radius 1 is 1.20 bits per heavy atom. The molecule has 1 atom stereocenters. The van der Waals surface area contributed by atoms with E-state index in [0.717, 1.165) is 45.6 Å². The van der Waals surface area contributed by atoms with Crippen molar-refractivity contribution in [1.29, 1.82) is 0 Å². The Bertz CT molecular complexity index is 611. The summed E-state index contributed by atoms with van der Waals surface area (Å²) in [6.07, 6.45) is 2.00. The molecule has 1 aromatic rings. The van der Waals surface area contributed by atoms with Crippen molar-refractivity contribution in [3.63, 3.8) is 0 Å². The summed E-state index contributed by atoms with van der Waals surface area (Å²) in [5.74, 6) is -0.683. The van der Waals surface area contributed by atoms with Crippen LogP contribution in [-0.4, -0.2) is 73.5 Å². The summed E-state index contributed by atoms with van der Waals surface area (Å²) in [4.78, 5) is 28.5. The third kappa shape index (κ3) is 4.55. The van der Waals surface area contributed by atoms with Gasteiger partial charge >= 0.3 is 0 Å². The van der Waals surface area contributed by atoms with E-state index in [1.54, 1.807) is 12.1 Å². The van der Waals surface area contributed by atoms with E-state index in [2.05, 4.69) is 15.5 Å². The van der Waals surface area contributed by atoms with Crippen LogP contribution in [0.25, 0.3) is 0 Å². The molecule has 0 spiro atoms. The molecule has 2 amide bonds. The summed E-state index contributed by atoms with van der Waals surface area (Å²) < 4.78 is 13.6. The lowest BCUT2D eigenvalue weighted by Crippen LogP contribution is -2.53. The van der Waals surface area contributed by atoms with Crippen LogP contribution in [0.1, 0.15) is 23.2 Å². The van der Waals surface area contributed by atoms with Crippen LogP contribution >= 0.6 is 0 Å². The number of nitrogens with one attached hydrogen (secondary N) is 2. The highest BCUT2D eigenvalue weighted by molar-refractivity contribution is 5.94. The van der Waals surface area contributed by atoms with Gasteiger partial charge in [-0.3, -0.25) is 14.5 Å². The van der Waals surface area contributed by atoms with Crippen molar-refractivity contribution in [1.82, 2.24) is 20.4 Å². The fourth-order valence-electron chi connectivity index (χ4n) is 3.38. The number of rotatable bonds is 5. The van der Waals surface area contributed by atoms with Gasteiger partial charge in [-0.2, -0.15) is 0 Å². The average Bonchev–Trinajstić information content (AvgIpc) is 3.16. The van der Waals surface area contributed by atoms with Crippen LogP contribution in [0.5, 0.6) is 0 Å². The number of carbonyl (C=O) groups excluding carboxylic acids is 2. The number of amides is 2. The van der Waals surface area contributed by atoms with Gasteiger partial charge in [-0.1, -0.05) is 12.1 Å². The van der Waals surface area contributed by atoms with Gasteiger partial charge in [-0.15, -0.1) is 0 Å². The van der Waals surface area contributed by atoms with E-state index in [1.807, 2.05) is 4.90 Å². The number of benzene rings is 1. The molecule has 6 nitrogen and oxygen atoms in total. The molecule has 0 radical (unpaired) electrons. The maximum Gasteiger partial charge on any atom is 0.254 e. The van der Waals surface area contributed by atoms with Crippen molar-refractivity contribution >= 4 is 11.8 Å². The van der Waals surface area contributed by atoms with Crippen LogP contribution in [0, 0.1) is 5.82 Å². The smallest absolute Gasteiger partial charge is 0.254 e. The number of halogens is 1. The Morgan fingerprint density at radius 3 is 2.64 bits per heavy atom. The molecule has 0 bridgehead atoms. The molecule has 7 heteroatoms. The predicted molar refractivity (Wildman–Crippen MR) is 92.8 cm³/mol. The molecule has 2 heterocycles. The molecular formula is C18H25FN4O2. The second kappa shape index (κ2) is 8.40. The molecule has 3 rings (SSSR count). The molecule has 1 aromatic carbocycles. The number of piperazine rings is 1. The van der Waals surface area contributed by atoms with E-state index in [-0.39, 0.29) is 23.4 Å². The van der Waals surface area contributed by atoms with Gasteiger partial charge in [-0.25, -0.2) is 4.39 Å². The van der Waals surface area contributed by atoms with Gasteiger partial charge in [0.05, 0.1) is 11.6 Å². The Labute approximate surface area is 147 Å². The average molecular weight is 348 g/mol. The minimum atomic E-state index is -0.507. The lowest BCUT2D eigenvalue weighted by Gasteiger charge is -2.36. The van der Waals surface area contributed by atoms with E-state index in [9.17, 15) is 14.0 Å². The second-order valence-electron chi connectivity index (χ2n) is 6.55. The zero-order valence-corrected chi connectivity index (χ0v) is 14.3. The highest BCUT2D eigenvalue weighted by atomic mass is 19.1. The Balaban J connectivity index is 1.37. The number of carbonyl (C=O) groups is 2. The lowest BCUT2D eigenvalue weighted by molar-refractivity contribution is -0.134. The third-order valence-corrected chi connectivity index (χ3v) is 4.87. The number of hydrogen-bond acceptors (Lipinski definition) is 4. The fourth-order valence-corrected chi connectivity index (χ4v) is 3.38. The first-order chi connectivity index (χ1) is 12.1. The van der Waals surface area contributed by atoms with Crippen LogP contribution < -0.4 is 10.6 Å². The molecule has 0 aliphatic carbocycles. The first-order valence-electron chi connectivity index (χ1n) is 8.92. The number of nitrogens with zero attached hydrogens (tertiary/aromatic N) is 2. The molecule has 25 heavy (non-hydrogen) atoms. The molecule has 2 aliphatic heterocycles. The van der Waals surface area contributed by atoms with E-state index in [1.165, 1.54) is 12.1 Å². The Morgan fingerprint density at radius 2 is 1.96 bits per heavy atom. The van der Waals surface area contributed by atoms with Crippen molar-refractivity contribution in [2.45, 2.75) is 18.9 Å². The molecule has 136 valence electrons. The van der Waals surface area contributed by atoms with Crippen LogP contribution in [-0.2, 0) is 4.79 Å². The van der Waals surface area contributed by atoms with Crippen molar-refractivity contribution in [3.05, 3.63) is 35.6 Å². The SMILES string of the molecule is O=C(NCCN1CCN(C(=O)C2CCCN2)CC1)c1ccccc1F. The molecule has 0 aromatic heterocycles. The summed E-state index contributed by atoms with van der Waals surface area (Å²) in [6, 6.07) is 5.96. The van der Waals surface area contributed by atoms with Crippen molar-refractivity contribution in [2.24, 2.45) is 0 Å². The summed E-state index contributed by atoms with van der Waals surface area (Å²) in [7, 11) is 0. The van der Waals surface area contributed by atoms with Crippen LogP contribution in [0.4, 0.5) is 4.39 Å². The molecular weight excluding hydrogens is 323 g/mol. The van der Waals surface area contributed by atoms with Crippen LogP contribution in [0.3, 0.4) is 0 Å². The van der Waals surface area contributed by atoms with Crippen molar-refractivity contribution in [3.8, 4) is 0 Å². The van der Waals surface area contributed by atoms with Gasteiger partial charge < -0.3 is 15.5 Å². The van der Waals surface area contributed by atoms with Gasteiger partial charge in [0.15, 0.2) is 0 Å². The van der Waals surface area contributed by atoms with Gasteiger partial charge in [0.1, 0.15) is 5.82 Å². The maximum absolute atomic E-state index is 13.6. The largest absolute Gasteiger partial charge is 0.351 e. The highest BCUT2D eigenvalue weighted by Crippen LogP contribution is 2.11. The van der Waals surface area contributed by atoms with Gasteiger partial charge in [0, 0.05) is 39.3 Å². The first-order valence-corrected chi connectivity index (χ1v) is 8.92. The summed E-state index contributed by atoms with van der Waals surface area (Å²) in [5.41, 5.74) is 0.0713. The molecule has 2 N–H and O–H groups in total. The second-order valence-corrected chi connectivity index (χ2v) is 6.55. The van der Waals surface area contributed by atoms with E-state index in [4.69, 9.17) is 0 Å². The summed E-state index contributed by atoms with van der Waals surface area (Å²) in [6.45, 7) is 5.13. The van der Waals surface area contributed by atoms with Gasteiger partial charge in [0.25, 0.3) is 5.91 Å². The standard InChI is InChI=1S/C18H25FN4O2/c19-15-5-2-1-4-14(15)17(24)21-8-9-22-10-12-23(13-11-22)18(25)16-6-3-7-20-16/h1-2,4-5,16,20H,3,6-13H2,(H,21,24). The minimum absolute atomic E-state index is 0.00777. The predicted octanol–water partition coefficient (Wildman–Crippen LogP) is 0.452. The minimum Gasteiger partial charge on any atom is -0.351 e. The van der Waals surface area contributed by atoms with Crippen molar-refractivity contribution in [2.75, 3.05) is 45.8 Å². The highest BCUT2D eigenvalue weighted by Gasteiger charge is 2.29. The van der Waals surface area contributed by atoms with Crippen LogP contribution in [0.15, 0.2) is 24.3 Å². The molecule has 2 aliphatic rings. The fraction of sp³-hybridized carbons (Fsp3) is 0.556. The normalized spacial score (nSPS) is 21.3. The molecule has 1 unspecified atom stereocenters. The van der Waals surface area contributed by atoms with Crippen molar-refractivity contribution < 1.29 is 14.0 Å². The third-order valence-electron chi connectivity index (χ3n) is 4.87. The molecule has 2 fully saturated rings. The first kappa shape index (κ1) is 17.8. The van der Waals surface area contributed by atoms with E-state index in [0.29, 0.717) is 13.1 Å². The topological polar surface area (TPSA) is 64.7 Å². The summed E-state index contributed by atoms with van der Waals surface area (Å²) >= 11 is 0. The zero-order valence-electron chi connectivity index (χ0n) is 14.3. The van der Waals surface area contributed by atoms with E-state index < -0.39 is 5.82 Å². The quantitative estimate of drug-likeness (QED) is 0.811. The summed E-state index contributed by atoms with van der Waals surface area (Å²) in [5, 5.41) is 6.00. The maximum atomic E-state index is 13.6. The Kier molecular flexibility index (Phi) is 5.99. The Hall–Kier alpha value is -1.99. The number of hydrogen-bond donors (Lipinski definition) is 2. The zero-order chi connectivity index (χ0) is 17.6. The molecule has 0 saturated carbocycles. The van der Waals surface area contributed by atoms with E-state index >= 15 is 0 Å². The molecule has 2 saturated heterocycles.